The fourth-order valence-corrected chi connectivity index (χ4v) is 5.44. The second-order valence-electron chi connectivity index (χ2n) is 12.4. The molecule has 37 heavy (non-hydrogen) atoms. The second kappa shape index (κ2) is 12.4. The van der Waals surface area contributed by atoms with Crippen molar-refractivity contribution >= 4 is 17.8 Å². The van der Waals surface area contributed by atoms with Crippen LogP contribution >= 0.6 is 0 Å². The molecule has 0 unspecified atom stereocenters. The number of carboxylic acid groups (broad SMARTS) is 1. The zero-order valence-corrected chi connectivity index (χ0v) is 24.2. The van der Waals surface area contributed by atoms with Gasteiger partial charge in [0.1, 0.15) is 12.1 Å². The summed E-state index contributed by atoms with van der Waals surface area (Å²) >= 11 is 0. The van der Waals surface area contributed by atoms with Crippen molar-refractivity contribution in [1.82, 2.24) is 20.4 Å². The normalized spacial score (nSPS) is 19.4. The molecule has 0 aliphatic carbocycles. The Morgan fingerprint density at radius 1 is 1.08 bits per heavy atom. The molecule has 0 spiro atoms. The summed E-state index contributed by atoms with van der Waals surface area (Å²) in [6, 6.07) is 7.88. The van der Waals surface area contributed by atoms with E-state index in [-0.39, 0.29) is 23.8 Å². The third-order valence-corrected chi connectivity index (χ3v) is 7.87. The quantitative estimate of drug-likeness (QED) is 0.418. The standard InChI is InChI=1S/C29H48N4O4/c1-19(2)22(18-33-17-13-16-21(33)27(36)37)32(9)26(35)24(28(3,4)5)31-25(34)23(30-8)29(6,7)20-14-11-10-12-15-20/h10-12,14-15,19,21-24,30H,13,16-18H2,1-9H3,(H,31,34)(H,36,37)/t21-,22+,23+,24+/m0/s1. The average Bonchev–Trinajstić information content (AvgIpc) is 3.29. The molecular weight excluding hydrogens is 468 g/mol. The Balaban J connectivity index is 2.28. The number of amides is 2. The van der Waals surface area contributed by atoms with Gasteiger partial charge < -0.3 is 20.6 Å². The summed E-state index contributed by atoms with van der Waals surface area (Å²) < 4.78 is 0. The molecular formula is C29H48N4O4. The van der Waals surface area contributed by atoms with Crippen LogP contribution in [0.5, 0.6) is 0 Å². The van der Waals surface area contributed by atoms with E-state index in [0.717, 1.165) is 12.0 Å². The van der Waals surface area contributed by atoms with E-state index in [9.17, 15) is 19.5 Å². The van der Waals surface area contributed by atoms with Crippen molar-refractivity contribution in [2.75, 3.05) is 27.2 Å². The minimum absolute atomic E-state index is 0.113. The molecule has 1 aliphatic rings. The monoisotopic (exact) mass is 516 g/mol. The molecule has 1 saturated heterocycles. The van der Waals surface area contributed by atoms with E-state index in [4.69, 9.17) is 0 Å². The van der Waals surface area contributed by atoms with Crippen molar-refractivity contribution in [3.8, 4) is 0 Å². The molecule has 0 saturated carbocycles. The number of carboxylic acids is 1. The van der Waals surface area contributed by atoms with Gasteiger partial charge in [-0.05, 0) is 43.3 Å². The lowest BCUT2D eigenvalue weighted by molar-refractivity contribution is -0.144. The van der Waals surface area contributed by atoms with E-state index in [1.54, 1.807) is 19.0 Å². The third-order valence-electron chi connectivity index (χ3n) is 7.87. The molecule has 1 aromatic carbocycles. The van der Waals surface area contributed by atoms with E-state index >= 15 is 0 Å². The number of benzene rings is 1. The molecule has 2 amide bonds. The van der Waals surface area contributed by atoms with Crippen LogP contribution in [0, 0.1) is 11.3 Å². The number of carbonyl (C=O) groups excluding carboxylic acids is 2. The SMILES string of the molecule is CN[C@H](C(=O)N[C@H](C(=O)N(C)[C@H](CN1CCC[C@H]1C(=O)O)C(C)C)C(C)(C)C)C(C)(C)c1ccccc1. The molecule has 1 fully saturated rings. The van der Waals surface area contributed by atoms with Gasteiger partial charge in [-0.15, -0.1) is 0 Å². The molecule has 1 aliphatic heterocycles. The van der Waals surface area contributed by atoms with Gasteiger partial charge in [-0.2, -0.15) is 0 Å². The number of likely N-dealkylation sites (N-methyl/N-ethyl adjacent to an activating group) is 2. The number of carbonyl (C=O) groups is 3. The van der Waals surface area contributed by atoms with Crippen molar-refractivity contribution in [3.63, 3.8) is 0 Å². The first-order valence-corrected chi connectivity index (χ1v) is 13.4. The maximum absolute atomic E-state index is 13.9. The predicted molar refractivity (Wildman–Crippen MR) is 147 cm³/mol. The Hall–Kier alpha value is -2.45. The molecule has 2 rings (SSSR count). The smallest absolute Gasteiger partial charge is 0.320 e. The lowest BCUT2D eigenvalue weighted by Gasteiger charge is -2.41. The molecule has 0 aromatic heterocycles. The van der Waals surface area contributed by atoms with E-state index < -0.39 is 34.9 Å². The van der Waals surface area contributed by atoms with Gasteiger partial charge in [-0.1, -0.05) is 78.8 Å². The fourth-order valence-electron chi connectivity index (χ4n) is 5.44. The first-order chi connectivity index (χ1) is 17.1. The number of nitrogens with one attached hydrogen (secondary N) is 2. The van der Waals surface area contributed by atoms with Crippen LogP contribution in [-0.2, 0) is 19.8 Å². The van der Waals surface area contributed by atoms with Gasteiger partial charge in [0.15, 0.2) is 0 Å². The van der Waals surface area contributed by atoms with Crippen molar-refractivity contribution in [2.45, 2.75) is 90.9 Å². The van der Waals surface area contributed by atoms with Crippen LogP contribution in [0.2, 0.25) is 0 Å². The molecule has 208 valence electrons. The lowest BCUT2D eigenvalue weighted by Crippen LogP contribution is -2.62. The maximum Gasteiger partial charge on any atom is 0.320 e. The fraction of sp³-hybridized carbons (Fsp3) is 0.690. The number of hydrogen-bond donors (Lipinski definition) is 3. The lowest BCUT2D eigenvalue weighted by atomic mass is 9.76. The van der Waals surface area contributed by atoms with Crippen LogP contribution in [0.4, 0.5) is 0 Å². The average molecular weight is 517 g/mol. The van der Waals surface area contributed by atoms with Crippen LogP contribution in [0.1, 0.15) is 66.9 Å². The minimum Gasteiger partial charge on any atom is -0.480 e. The first-order valence-electron chi connectivity index (χ1n) is 13.4. The minimum atomic E-state index is -0.812. The number of aliphatic carboxylic acids is 1. The van der Waals surface area contributed by atoms with Crippen LogP contribution in [0.15, 0.2) is 30.3 Å². The van der Waals surface area contributed by atoms with Gasteiger partial charge in [0, 0.05) is 25.0 Å². The van der Waals surface area contributed by atoms with Gasteiger partial charge in [0.2, 0.25) is 11.8 Å². The van der Waals surface area contributed by atoms with Crippen LogP contribution in [0.25, 0.3) is 0 Å². The van der Waals surface area contributed by atoms with Gasteiger partial charge in [0.25, 0.3) is 0 Å². The number of likely N-dealkylation sites (tertiary alicyclic amines) is 1. The van der Waals surface area contributed by atoms with Crippen LogP contribution in [-0.4, -0.2) is 84.0 Å². The topological polar surface area (TPSA) is 102 Å². The summed E-state index contributed by atoms with van der Waals surface area (Å²) in [5.41, 5.74) is -0.0205. The van der Waals surface area contributed by atoms with Crippen LogP contribution < -0.4 is 10.6 Å². The number of rotatable bonds is 11. The Morgan fingerprint density at radius 3 is 2.16 bits per heavy atom. The van der Waals surface area contributed by atoms with Gasteiger partial charge in [-0.3, -0.25) is 19.3 Å². The molecule has 8 nitrogen and oxygen atoms in total. The summed E-state index contributed by atoms with van der Waals surface area (Å²) in [5, 5.41) is 15.9. The Labute approximate surface area is 223 Å². The zero-order chi connectivity index (χ0) is 28.1. The van der Waals surface area contributed by atoms with E-state index in [1.165, 1.54) is 0 Å². The third kappa shape index (κ3) is 7.32. The molecule has 0 radical (unpaired) electrons. The van der Waals surface area contributed by atoms with Crippen LogP contribution in [0.3, 0.4) is 0 Å². The second-order valence-corrected chi connectivity index (χ2v) is 12.4. The van der Waals surface area contributed by atoms with Crippen molar-refractivity contribution < 1.29 is 19.5 Å². The molecule has 1 heterocycles. The molecule has 1 aromatic rings. The highest BCUT2D eigenvalue weighted by atomic mass is 16.4. The molecule has 4 atom stereocenters. The Kier molecular flexibility index (Phi) is 10.3. The summed E-state index contributed by atoms with van der Waals surface area (Å²) in [5.74, 6) is -1.10. The maximum atomic E-state index is 13.9. The molecule has 0 bridgehead atoms. The zero-order valence-electron chi connectivity index (χ0n) is 24.2. The highest BCUT2D eigenvalue weighted by Gasteiger charge is 2.42. The summed E-state index contributed by atoms with van der Waals surface area (Å²) in [4.78, 5) is 43.0. The summed E-state index contributed by atoms with van der Waals surface area (Å²) in [6.07, 6.45) is 1.46. The van der Waals surface area contributed by atoms with Gasteiger partial charge >= 0.3 is 5.97 Å². The number of hydrogen-bond acceptors (Lipinski definition) is 5. The summed E-state index contributed by atoms with van der Waals surface area (Å²) in [7, 11) is 3.53. The Morgan fingerprint density at radius 2 is 1.68 bits per heavy atom. The van der Waals surface area contributed by atoms with E-state index in [2.05, 4.69) is 10.6 Å². The van der Waals surface area contributed by atoms with Crippen molar-refractivity contribution in [1.29, 1.82) is 0 Å². The molecule has 3 N–H and O–H groups in total. The highest BCUT2D eigenvalue weighted by Crippen LogP contribution is 2.29. The van der Waals surface area contributed by atoms with Crippen molar-refractivity contribution in [3.05, 3.63) is 35.9 Å². The summed E-state index contributed by atoms with van der Waals surface area (Å²) in [6.45, 7) is 15.2. The van der Waals surface area contributed by atoms with Gasteiger partial charge in [0.05, 0.1) is 6.04 Å². The molecule has 8 heteroatoms. The first kappa shape index (κ1) is 30.8. The number of nitrogens with zero attached hydrogens (tertiary/aromatic N) is 2. The van der Waals surface area contributed by atoms with E-state index in [0.29, 0.717) is 19.5 Å². The van der Waals surface area contributed by atoms with Crippen molar-refractivity contribution in [2.24, 2.45) is 11.3 Å². The van der Waals surface area contributed by atoms with E-state index in [1.807, 2.05) is 83.7 Å². The van der Waals surface area contributed by atoms with Gasteiger partial charge in [-0.25, -0.2) is 0 Å². The highest BCUT2D eigenvalue weighted by molar-refractivity contribution is 5.91. The largest absolute Gasteiger partial charge is 0.480 e. The predicted octanol–water partition coefficient (Wildman–Crippen LogP) is 3.12. The Bertz CT molecular complexity index is 926.